The minimum Gasteiger partial charge on any atom is -0.384 e. The smallest absolute Gasteiger partial charge is 0.167 e. The summed E-state index contributed by atoms with van der Waals surface area (Å²) in [5, 5.41) is 12.0. The van der Waals surface area contributed by atoms with Gasteiger partial charge in [0.2, 0.25) is 0 Å². The molecule has 2 heterocycles. The molecule has 0 amide bonds. The van der Waals surface area contributed by atoms with Gasteiger partial charge in [-0.05, 0) is 19.1 Å². The number of pyridine rings is 1. The summed E-state index contributed by atoms with van der Waals surface area (Å²) in [5.74, 6) is 0.655. The van der Waals surface area contributed by atoms with Crippen molar-refractivity contribution in [2.75, 3.05) is 0 Å². The lowest BCUT2D eigenvalue weighted by Crippen LogP contribution is -2.13. The maximum atomic E-state index is 7.60. The molecule has 5 nitrogen and oxygen atoms in total. The second kappa shape index (κ2) is 4.20. The summed E-state index contributed by atoms with van der Waals surface area (Å²) in [6.07, 6.45) is 0. The van der Waals surface area contributed by atoms with Gasteiger partial charge in [-0.1, -0.05) is 30.3 Å². The third-order valence-electron chi connectivity index (χ3n) is 2.95. The molecule has 0 spiro atoms. The first-order valence-corrected chi connectivity index (χ1v) is 5.93. The molecular formula is C14H13N5. The van der Waals surface area contributed by atoms with Gasteiger partial charge in [-0.2, -0.15) is 5.10 Å². The average molecular weight is 251 g/mol. The van der Waals surface area contributed by atoms with Gasteiger partial charge in [0.25, 0.3) is 0 Å². The van der Waals surface area contributed by atoms with E-state index in [1.165, 1.54) is 0 Å². The average Bonchev–Trinajstić information content (AvgIpc) is 2.79. The summed E-state index contributed by atoms with van der Waals surface area (Å²) in [6, 6.07) is 13.7. The Morgan fingerprint density at radius 2 is 1.89 bits per heavy atom. The lowest BCUT2D eigenvalue weighted by atomic mass is 10.1. The van der Waals surface area contributed by atoms with Crippen LogP contribution in [0.2, 0.25) is 0 Å². The fourth-order valence-corrected chi connectivity index (χ4v) is 2.10. The SMILES string of the molecule is Cc1nc2c(C(=N)N)ccc(-c3ccccc3)n2n1. The highest BCUT2D eigenvalue weighted by Crippen LogP contribution is 2.21. The first-order valence-electron chi connectivity index (χ1n) is 5.93. The number of nitrogens with one attached hydrogen (secondary N) is 1. The second-order valence-corrected chi connectivity index (χ2v) is 4.31. The molecule has 94 valence electrons. The molecule has 0 atom stereocenters. The molecule has 0 bridgehead atoms. The Balaban J connectivity index is 2.34. The molecule has 0 aliphatic carbocycles. The van der Waals surface area contributed by atoms with E-state index >= 15 is 0 Å². The second-order valence-electron chi connectivity index (χ2n) is 4.31. The molecule has 0 saturated heterocycles. The number of nitrogen functional groups attached to an aromatic ring is 1. The monoisotopic (exact) mass is 251 g/mol. The van der Waals surface area contributed by atoms with E-state index in [4.69, 9.17) is 11.1 Å². The molecule has 0 saturated carbocycles. The summed E-state index contributed by atoms with van der Waals surface area (Å²) >= 11 is 0. The van der Waals surface area contributed by atoms with Gasteiger partial charge < -0.3 is 5.73 Å². The van der Waals surface area contributed by atoms with Crippen LogP contribution in [-0.2, 0) is 0 Å². The lowest BCUT2D eigenvalue weighted by molar-refractivity contribution is 0.937. The van der Waals surface area contributed by atoms with Crippen molar-refractivity contribution in [1.29, 1.82) is 5.41 Å². The number of benzene rings is 1. The molecule has 0 aliphatic heterocycles. The van der Waals surface area contributed by atoms with E-state index in [9.17, 15) is 0 Å². The van der Waals surface area contributed by atoms with Crippen LogP contribution in [0, 0.1) is 12.3 Å². The highest BCUT2D eigenvalue weighted by molar-refractivity contribution is 6.00. The quantitative estimate of drug-likeness (QED) is 0.540. The predicted molar refractivity (Wildman–Crippen MR) is 74.2 cm³/mol. The minimum absolute atomic E-state index is 0.00277. The van der Waals surface area contributed by atoms with Crippen molar-refractivity contribution in [3.63, 3.8) is 0 Å². The summed E-state index contributed by atoms with van der Waals surface area (Å²) < 4.78 is 1.74. The fraction of sp³-hybridized carbons (Fsp3) is 0.0714. The van der Waals surface area contributed by atoms with Crippen molar-refractivity contribution >= 4 is 11.5 Å². The van der Waals surface area contributed by atoms with E-state index in [-0.39, 0.29) is 5.84 Å². The van der Waals surface area contributed by atoms with Gasteiger partial charge in [0, 0.05) is 5.56 Å². The number of fused-ring (bicyclic) bond motifs is 1. The van der Waals surface area contributed by atoms with E-state index in [0.29, 0.717) is 17.0 Å². The minimum atomic E-state index is -0.00277. The normalized spacial score (nSPS) is 10.8. The molecule has 5 heteroatoms. The number of hydrogen-bond acceptors (Lipinski definition) is 3. The predicted octanol–water partition coefficient (Wildman–Crippen LogP) is 1.99. The van der Waals surface area contributed by atoms with Crippen LogP contribution in [0.25, 0.3) is 16.9 Å². The first-order chi connectivity index (χ1) is 9.16. The van der Waals surface area contributed by atoms with Gasteiger partial charge in [0.05, 0.1) is 11.3 Å². The summed E-state index contributed by atoms with van der Waals surface area (Å²) in [7, 11) is 0. The number of aryl methyl sites for hydroxylation is 1. The van der Waals surface area contributed by atoms with Crippen LogP contribution in [0.1, 0.15) is 11.4 Å². The molecule has 0 aliphatic rings. The largest absolute Gasteiger partial charge is 0.384 e. The zero-order valence-corrected chi connectivity index (χ0v) is 10.5. The summed E-state index contributed by atoms with van der Waals surface area (Å²) in [4.78, 5) is 4.35. The zero-order chi connectivity index (χ0) is 13.4. The van der Waals surface area contributed by atoms with Crippen LogP contribution in [0.5, 0.6) is 0 Å². The zero-order valence-electron chi connectivity index (χ0n) is 10.5. The summed E-state index contributed by atoms with van der Waals surface area (Å²) in [6.45, 7) is 1.83. The van der Waals surface area contributed by atoms with Gasteiger partial charge in [-0.15, -0.1) is 0 Å². The Kier molecular flexibility index (Phi) is 2.52. The molecule has 19 heavy (non-hydrogen) atoms. The van der Waals surface area contributed by atoms with Crippen molar-refractivity contribution in [3.8, 4) is 11.3 Å². The van der Waals surface area contributed by atoms with E-state index in [1.54, 1.807) is 4.52 Å². The number of aromatic nitrogens is 3. The van der Waals surface area contributed by atoms with Gasteiger partial charge in [0.1, 0.15) is 11.7 Å². The maximum Gasteiger partial charge on any atom is 0.167 e. The van der Waals surface area contributed by atoms with Crippen molar-refractivity contribution in [1.82, 2.24) is 14.6 Å². The highest BCUT2D eigenvalue weighted by atomic mass is 15.3. The van der Waals surface area contributed by atoms with Crippen molar-refractivity contribution < 1.29 is 0 Å². The van der Waals surface area contributed by atoms with Crippen LogP contribution >= 0.6 is 0 Å². The van der Waals surface area contributed by atoms with Crippen LogP contribution in [-0.4, -0.2) is 20.4 Å². The lowest BCUT2D eigenvalue weighted by Gasteiger charge is -2.07. The highest BCUT2D eigenvalue weighted by Gasteiger charge is 2.12. The third-order valence-corrected chi connectivity index (χ3v) is 2.95. The Labute approximate surface area is 110 Å². The number of nitrogens with two attached hydrogens (primary N) is 1. The standard InChI is InChI=1S/C14H13N5/c1-9-17-14-11(13(15)16)7-8-12(19(14)18-9)10-5-3-2-4-6-10/h2-8H,1H3,(H3,15,16). The van der Waals surface area contributed by atoms with Gasteiger partial charge >= 0.3 is 0 Å². The molecule has 0 unspecified atom stereocenters. The van der Waals surface area contributed by atoms with E-state index in [0.717, 1.165) is 11.3 Å². The van der Waals surface area contributed by atoms with Crippen LogP contribution < -0.4 is 5.73 Å². The number of amidine groups is 1. The van der Waals surface area contributed by atoms with Crippen molar-refractivity contribution in [2.45, 2.75) is 6.92 Å². The van der Waals surface area contributed by atoms with Crippen LogP contribution in [0.15, 0.2) is 42.5 Å². The van der Waals surface area contributed by atoms with E-state index in [1.807, 2.05) is 49.4 Å². The summed E-state index contributed by atoms with van der Waals surface area (Å²) in [5.41, 5.74) is 8.77. The molecule has 2 aromatic heterocycles. The molecule has 0 radical (unpaired) electrons. The Hall–Kier alpha value is -2.69. The molecular weight excluding hydrogens is 238 g/mol. The van der Waals surface area contributed by atoms with Crippen molar-refractivity contribution in [2.24, 2.45) is 5.73 Å². The van der Waals surface area contributed by atoms with Gasteiger partial charge in [-0.3, -0.25) is 5.41 Å². The Morgan fingerprint density at radius 1 is 1.16 bits per heavy atom. The third kappa shape index (κ3) is 1.85. The first kappa shape index (κ1) is 11.4. The number of rotatable bonds is 2. The Morgan fingerprint density at radius 3 is 2.58 bits per heavy atom. The molecule has 3 rings (SSSR count). The maximum absolute atomic E-state index is 7.60. The van der Waals surface area contributed by atoms with E-state index in [2.05, 4.69) is 10.1 Å². The van der Waals surface area contributed by atoms with Gasteiger partial charge in [-0.25, -0.2) is 9.50 Å². The number of nitrogens with zero attached hydrogens (tertiary/aromatic N) is 3. The van der Waals surface area contributed by atoms with Gasteiger partial charge in [0.15, 0.2) is 5.65 Å². The van der Waals surface area contributed by atoms with E-state index < -0.39 is 0 Å². The van der Waals surface area contributed by atoms with Crippen LogP contribution in [0.4, 0.5) is 0 Å². The molecule has 3 aromatic rings. The number of hydrogen-bond donors (Lipinski definition) is 2. The molecule has 0 fully saturated rings. The Bertz CT molecular complexity index is 758. The van der Waals surface area contributed by atoms with Crippen molar-refractivity contribution in [3.05, 3.63) is 53.9 Å². The molecule has 3 N–H and O–H groups in total. The topological polar surface area (TPSA) is 80.1 Å². The molecule has 1 aromatic carbocycles. The fourth-order valence-electron chi connectivity index (χ4n) is 2.10. The van der Waals surface area contributed by atoms with Crippen LogP contribution in [0.3, 0.4) is 0 Å².